The molecule has 0 atom stereocenters. The minimum absolute atomic E-state index is 0. The van der Waals surface area contributed by atoms with Gasteiger partial charge >= 0.3 is 0 Å². The van der Waals surface area contributed by atoms with Crippen LogP contribution in [0.5, 0.6) is 0 Å². The van der Waals surface area contributed by atoms with Crippen LogP contribution in [0.25, 0.3) is 0 Å². The molecule has 1 saturated carbocycles. The molecular weight excluding hydrogens is 274 g/mol. The Morgan fingerprint density at radius 3 is 2.06 bits per heavy atom. The zero-order valence-electron chi connectivity index (χ0n) is 11.4. The lowest BCUT2D eigenvalue weighted by atomic mass is 9.79. The molecule has 1 fully saturated rings. The zero-order chi connectivity index (χ0) is 12.7. The average Bonchev–Trinajstić information content (AvgIpc) is 2.26. The molecule has 0 spiro atoms. The lowest BCUT2D eigenvalue weighted by Gasteiger charge is -2.28. The van der Waals surface area contributed by atoms with Crippen molar-refractivity contribution in [1.29, 1.82) is 0 Å². The summed E-state index contributed by atoms with van der Waals surface area (Å²) in [6.07, 6.45) is 8.27. The van der Waals surface area contributed by atoms with E-state index >= 15 is 0 Å². The van der Waals surface area contributed by atoms with E-state index < -0.39 is 10.1 Å². The molecule has 0 unspecified atom stereocenters. The molecule has 0 amide bonds. The first kappa shape index (κ1) is 18.2. The summed E-state index contributed by atoms with van der Waals surface area (Å²) in [6, 6.07) is 0. The van der Waals surface area contributed by atoms with Gasteiger partial charge in [-0.1, -0.05) is 25.7 Å². The van der Waals surface area contributed by atoms with Gasteiger partial charge in [0, 0.05) is 0 Å². The first-order valence-electron chi connectivity index (χ1n) is 6.50. The molecule has 110 valence electrons. The summed E-state index contributed by atoms with van der Waals surface area (Å²) in [4.78, 5) is 0. The van der Waals surface area contributed by atoms with Crippen molar-refractivity contribution in [2.45, 2.75) is 38.5 Å². The molecule has 1 rings (SSSR count). The van der Waals surface area contributed by atoms with Crippen LogP contribution < -0.4 is 5.32 Å². The molecule has 4 nitrogen and oxygen atoms in total. The van der Waals surface area contributed by atoms with Gasteiger partial charge in [0.25, 0.3) is 10.1 Å². The average molecular weight is 300 g/mol. The van der Waals surface area contributed by atoms with Crippen LogP contribution in [0, 0.1) is 11.8 Å². The van der Waals surface area contributed by atoms with Crippen LogP contribution in [0.4, 0.5) is 0 Å². The smallest absolute Gasteiger partial charge is 0.264 e. The Hall–Kier alpha value is 0.160. The van der Waals surface area contributed by atoms with Crippen LogP contribution in [0.2, 0.25) is 0 Å². The highest BCUT2D eigenvalue weighted by atomic mass is 35.5. The quantitative estimate of drug-likeness (QED) is 0.732. The molecule has 0 heterocycles. The molecule has 0 aromatic heterocycles. The molecule has 1 aliphatic rings. The third-order valence-corrected chi connectivity index (χ3v) is 4.19. The maximum Gasteiger partial charge on any atom is 0.264 e. The van der Waals surface area contributed by atoms with E-state index in [0.29, 0.717) is 12.5 Å². The molecule has 0 bridgehead atoms. The van der Waals surface area contributed by atoms with Gasteiger partial charge in [-0.2, -0.15) is 8.42 Å². The maximum absolute atomic E-state index is 10.8. The standard InChI is InChI=1S/C12H25NO3S.ClH/c1-13-9-7-11-3-5-12(6-4-11)8-10-16-17(2,14)15;/h11-13H,3-10H2,1-2H3;1H/t11-,12-;. The van der Waals surface area contributed by atoms with Crippen molar-refractivity contribution >= 4 is 22.5 Å². The van der Waals surface area contributed by atoms with E-state index in [2.05, 4.69) is 5.32 Å². The van der Waals surface area contributed by atoms with Gasteiger partial charge in [0.1, 0.15) is 0 Å². The van der Waals surface area contributed by atoms with Crippen LogP contribution in [0.1, 0.15) is 38.5 Å². The monoisotopic (exact) mass is 299 g/mol. The highest BCUT2D eigenvalue weighted by Gasteiger charge is 2.20. The van der Waals surface area contributed by atoms with Gasteiger partial charge in [-0.15, -0.1) is 12.4 Å². The number of hydrogen-bond acceptors (Lipinski definition) is 4. The highest BCUT2D eigenvalue weighted by Crippen LogP contribution is 2.32. The van der Waals surface area contributed by atoms with Crippen LogP contribution in [-0.4, -0.2) is 34.9 Å². The molecule has 0 aromatic carbocycles. The lowest BCUT2D eigenvalue weighted by Crippen LogP contribution is -2.20. The summed E-state index contributed by atoms with van der Waals surface area (Å²) in [5.74, 6) is 1.51. The van der Waals surface area contributed by atoms with Crippen molar-refractivity contribution < 1.29 is 12.6 Å². The van der Waals surface area contributed by atoms with Gasteiger partial charge in [-0.3, -0.25) is 4.18 Å². The van der Waals surface area contributed by atoms with Crippen molar-refractivity contribution in [1.82, 2.24) is 5.32 Å². The molecule has 6 heteroatoms. The van der Waals surface area contributed by atoms with E-state index in [4.69, 9.17) is 4.18 Å². The van der Waals surface area contributed by atoms with E-state index in [1.807, 2.05) is 7.05 Å². The van der Waals surface area contributed by atoms with Crippen molar-refractivity contribution in [3.05, 3.63) is 0 Å². The number of nitrogens with one attached hydrogen (secondary N) is 1. The van der Waals surface area contributed by atoms with E-state index in [-0.39, 0.29) is 12.4 Å². The Bertz CT molecular complexity index is 300. The van der Waals surface area contributed by atoms with Crippen molar-refractivity contribution in [3.63, 3.8) is 0 Å². The third-order valence-electron chi connectivity index (χ3n) is 3.59. The van der Waals surface area contributed by atoms with Crippen molar-refractivity contribution in [3.8, 4) is 0 Å². The van der Waals surface area contributed by atoms with Crippen molar-refractivity contribution in [2.24, 2.45) is 11.8 Å². The molecule has 1 N–H and O–H groups in total. The zero-order valence-corrected chi connectivity index (χ0v) is 13.0. The first-order valence-corrected chi connectivity index (χ1v) is 8.32. The summed E-state index contributed by atoms with van der Waals surface area (Å²) in [5.41, 5.74) is 0. The second-order valence-corrected chi connectivity index (χ2v) is 6.74. The molecular formula is C12H26ClNO3S. The predicted molar refractivity (Wildman–Crippen MR) is 76.7 cm³/mol. The molecule has 0 aliphatic heterocycles. The fourth-order valence-corrected chi connectivity index (χ4v) is 2.92. The second kappa shape index (κ2) is 9.13. The first-order chi connectivity index (χ1) is 8.01. The van der Waals surface area contributed by atoms with Gasteiger partial charge in [-0.25, -0.2) is 0 Å². The minimum Gasteiger partial charge on any atom is -0.320 e. The largest absolute Gasteiger partial charge is 0.320 e. The summed E-state index contributed by atoms with van der Waals surface area (Å²) >= 11 is 0. The fourth-order valence-electron chi connectivity index (χ4n) is 2.52. The van der Waals surface area contributed by atoms with Gasteiger partial charge in [0.05, 0.1) is 12.9 Å². The fraction of sp³-hybridized carbons (Fsp3) is 1.00. The molecule has 0 saturated heterocycles. The highest BCUT2D eigenvalue weighted by molar-refractivity contribution is 7.85. The van der Waals surface area contributed by atoms with E-state index in [1.165, 1.54) is 32.1 Å². The second-order valence-electron chi connectivity index (χ2n) is 5.09. The van der Waals surface area contributed by atoms with Gasteiger partial charge < -0.3 is 5.32 Å². The van der Waals surface area contributed by atoms with E-state index in [1.54, 1.807) is 0 Å². The predicted octanol–water partition coefficient (Wildman–Crippen LogP) is 2.19. The lowest BCUT2D eigenvalue weighted by molar-refractivity contribution is 0.215. The molecule has 0 aromatic rings. The van der Waals surface area contributed by atoms with Crippen LogP contribution in [-0.2, 0) is 14.3 Å². The Morgan fingerprint density at radius 1 is 1.11 bits per heavy atom. The van der Waals surface area contributed by atoms with E-state index in [0.717, 1.165) is 25.1 Å². The van der Waals surface area contributed by atoms with Gasteiger partial charge in [0.2, 0.25) is 0 Å². The number of halogens is 1. The van der Waals surface area contributed by atoms with Gasteiger partial charge in [0.15, 0.2) is 0 Å². The van der Waals surface area contributed by atoms with E-state index in [9.17, 15) is 8.42 Å². The Labute approximate surface area is 117 Å². The normalized spacial score (nSPS) is 24.6. The van der Waals surface area contributed by atoms with Gasteiger partial charge in [-0.05, 0) is 38.3 Å². The third kappa shape index (κ3) is 8.29. The summed E-state index contributed by atoms with van der Waals surface area (Å²) in [5, 5.41) is 3.19. The number of hydrogen-bond donors (Lipinski definition) is 1. The molecule has 1 aliphatic carbocycles. The maximum atomic E-state index is 10.8. The molecule has 18 heavy (non-hydrogen) atoms. The number of rotatable bonds is 7. The van der Waals surface area contributed by atoms with Crippen LogP contribution in [0.3, 0.4) is 0 Å². The minimum atomic E-state index is -3.26. The SMILES string of the molecule is CNCC[C@H]1CC[C@H](CCOS(C)(=O)=O)CC1.Cl. The topological polar surface area (TPSA) is 55.4 Å². The van der Waals surface area contributed by atoms with Crippen LogP contribution >= 0.6 is 12.4 Å². The Kier molecular flexibility index (Phi) is 9.21. The Balaban J connectivity index is 0.00000289. The van der Waals surface area contributed by atoms with Crippen molar-refractivity contribution in [2.75, 3.05) is 26.5 Å². The summed E-state index contributed by atoms with van der Waals surface area (Å²) < 4.78 is 26.4. The summed E-state index contributed by atoms with van der Waals surface area (Å²) in [6.45, 7) is 1.46. The van der Waals surface area contributed by atoms with Crippen LogP contribution in [0.15, 0.2) is 0 Å². The molecule has 0 radical (unpaired) electrons. The summed E-state index contributed by atoms with van der Waals surface area (Å²) in [7, 11) is -1.26. The Morgan fingerprint density at radius 2 is 1.61 bits per heavy atom.